The highest BCUT2D eigenvalue weighted by molar-refractivity contribution is 7.98. The van der Waals surface area contributed by atoms with Gasteiger partial charge in [-0.1, -0.05) is 6.92 Å². The molecule has 80 valence electrons. The minimum absolute atomic E-state index is 0.161. The number of carbonyl (C=O) groups is 2. The maximum atomic E-state index is 11.2. The molecule has 0 bridgehead atoms. The summed E-state index contributed by atoms with van der Waals surface area (Å²) in [4.78, 5) is 24.1. The fourth-order valence-corrected chi connectivity index (χ4v) is 2.15. The van der Waals surface area contributed by atoms with E-state index in [2.05, 4.69) is 5.32 Å². The van der Waals surface area contributed by atoms with E-state index in [0.29, 0.717) is 0 Å². The maximum absolute atomic E-state index is 11.2. The van der Waals surface area contributed by atoms with Crippen molar-refractivity contribution >= 4 is 23.9 Å². The Hall–Kier alpha value is -0.750. The first kappa shape index (κ1) is 11.3. The summed E-state index contributed by atoms with van der Waals surface area (Å²) in [5, 5.41) is 2.47. The highest BCUT2D eigenvalue weighted by atomic mass is 32.2. The average Bonchev–Trinajstić information content (AvgIpc) is 2.40. The van der Waals surface area contributed by atoms with Crippen molar-refractivity contribution < 1.29 is 9.59 Å². The second kappa shape index (κ2) is 4.65. The lowest BCUT2D eigenvalue weighted by molar-refractivity contribution is -0.118. The summed E-state index contributed by atoms with van der Waals surface area (Å²) in [7, 11) is 3.91. The van der Waals surface area contributed by atoms with E-state index >= 15 is 0 Å². The van der Waals surface area contributed by atoms with Crippen LogP contribution in [-0.2, 0) is 4.79 Å². The van der Waals surface area contributed by atoms with Crippen molar-refractivity contribution in [2.45, 2.75) is 18.7 Å². The first-order valence-electron chi connectivity index (χ1n) is 4.49. The van der Waals surface area contributed by atoms with Gasteiger partial charge in [0.15, 0.2) is 0 Å². The molecule has 1 heterocycles. The van der Waals surface area contributed by atoms with E-state index in [1.807, 2.05) is 25.9 Å². The number of urea groups is 1. The van der Waals surface area contributed by atoms with Gasteiger partial charge in [0.1, 0.15) is 6.54 Å². The van der Waals surface area contributed by atoms with Crippen molar-refractivity contribution in [2.24, 2.45) is 0 Å². The van der Waals surface area contributed by atoms with Gasteiger partial charge >= 0.3 is 6.03 Å². The van der Waals surface area contributed by atoms with Crippen LogP contribution in [0.2, 0.25) is 0 Å². The first-order chi connectivity index (χ1) is 6.54. The van der Waals surface area contributed by atoms with Gasteiger partial charge in [0, 0.05) is 0 Å². The van der Waals surface area contributed by atoms with Crippen molar-refractivity contribution in [3.05, 3.63) is 0 Å². The molecule has 0 saturated carbocycles. The second-order valence-electron chi connectivity index (χ2n) is 3.32. The third kappa shape index (κ3) is 2.62. The summed E-state index contributed by atoms with van der Waals surface area (Å²) in [6.45, 7) is 2.21. The molecule has 14 heavy (non-hydrogen) atoms. The molecule has 1 aliphatic heterocycles. The van der Waals surface area contributed by atoms with Crippen molar-refractivity contribution in [1.29, 1.82) is 0 Å². The number of hydrogen-bond donors (Lipinski definition) is 1. The maximum Gasteiger partial charge on any atom is 0.334 e. The summed E-state index contributed by atoms with van der Waals surface area (Å²) in [5.41, 5.74) is 0. The molecule has 1 fully saturated rings. The summed E-state index contributed by atoms with van der Waals surface area (Å²) in [6, 6.07) is -0.305. The van der Waals surface area contributed by atoms with Crippen molar-refractivity contribution in [3.8, 4) is 0 Å². The van der Waals surface area contributed by atoms with E-state index in [-0.39, 0.29) is 23.9 Å². The van der Waals surface area contributed by atoms with Crippen LogP contribution in [-0.4, -0.2) is 47.2 Å². The molecule has 0 aromatic rings. The Morgan fingerprint density at radius 3 is 2.57 bits per heavy atom. The van der Waals surface area contributed by atoms with Gasteiger partial charge in [0.05, 0.1) is 5.37 Å². The van der Waals surface area contributed by atoms with Gasteiger partial charge < -0.3 is 0 Å². The van der Waals surface area contributed by atoms with Gasteiger partial charge in [-0.25, -0.2) is 4.79 Å². The lowest BCUT2D eigenvalue weighted by Gasteiger charge is -2.25. The lowest BCUT2D eigenvalue weighted by Crippen LogP contribution is -2.31. The van der Waals surface area contributed by atoms with Gasteiger partial charge in [-0.3, -0.25) is 19.3 Å². The van der Waals surface area contributed by atoms with Crippen LogP contribution in [0.25, 0.3) is 0 Å². The number of imide groups is 1. The molecule has 1 N–H and O–H groups in total. The zero-order valence-electron chi connectivity index (χ0n) is 8.61. The largest absolute Gasteiger partial charge is 0.334 e. The predicted octanol–water partition coefficient (Wildman–Crippen LogP) is 0.484. The van der Waals surface area contributed by atoms with Gasteiger partial charge in [0.2, 0.25) is 5.91 Å². The molecule has 1 unspecified atom stereocenters. The van der Waals surface area contributed by atoms with E-state index in [0.717, 1.165) is 6.42 Å². The highest BCUT2D eigenvalue weighted by Crippen LogP contribution is 2.22. The number of carbonyl (C=O) groups excluding carboxylic acids is 2. The summed E-state index contributed by atoms with van der Waals surface area (Å²) in [5.74, 6) is -0.226. The predicted molar refractivity (Wildman–Crippen MR) is 55.6 cm³/mol. The van der Waals surface area contributed by atoms with E-state index in [4.69, 9.17) is 0 Å². The Kier molecular flexibility index (Phi) is 3.77. The summed E-state index contributed by atoms with van der Waals surface area (Å²) in [6.07, 6.45) is 0.926. The van der Waals surface area contributed by atoms with Crippen LogP contribution in [0, 0.1) is 0 Å². The molecule has 0 radical (unpaired) electrons. The molecular weight excluding hydrogens is 202 g/mol. The minimum atomic E-state index is -0.305. The van der Waals surface area contributed by atoms with Crippen LogP contribution in [0.3, 0.4) is 0 Å². The number of rotatable bonds is 4. The third-order valence-electron chi connectivity index (χ3n) is 1.93. The number of nitrogens with zero attached hydrogens (tertiary/aromatic N) is 2. The molecule has 1 atom stereocenters. The molecule has 3 amide bonds. The van der Waals surface area contributed by atoms with E-state index in [1.54, 1.807) is 0 Å². The minimum Gasteiger partial charge on any atom is -0.296 e. The van der Waals surface area contributed by atoms with Crippen LogP contribution in [0.4, 0.5) is 4.79 Å². The molecule has 0 aliphatic carbocycles. The van der Waals surface area contributed by atoms with Crippen LogP contribution in [0.5, 0.6) is 0 Å². The van der Waals surface area contributed by atoms with Crippen LogP contribution in [0.1, 0.15) is 13.3 Å². The molecular formula is C8H15N3O2S. The fourth-order valence-electron chi connectivity index (χ4n) is 1.19. The Morgan fingerprint density at radius 1 is 1.57 bits per heavy atom. The van der Waals surface area contributed by atoms with Crippen molar-refractivity contribution in [1.82, 2.24) is 14.5 Å². The Bertz CT molecular complexity index is 245. The van der Waals surface area contributed by atoms with Gasteiger partial charge in [0.25, 0.3) is 0 Å². The quantitative estimate of drug-likeness (QED) is 0.423. The van der Waals surface area contributed by atoms with Crippen molar-refractivity contribution in [2.75, 3.05) is 20.6 Å². The molecule has 1 rings (SSSR count). The Morgan fingerprint density at radius 2 is 2.21 bits per heavy atom. The van der Waals surface area contributed by atoms with E-state index in [9.17, 15) is 9.59 Å². The topological polar surface area (TPSA) is 52.7 Å². The average molecular weight is 217 g/mol. The molecule has 0 aromatic heterocycles. The number of amides is 3. The first-order valence-corrected chi connectivity index (χ1v) is 5.32. The molecule has 0 spiro atoms. The van der Waals surface area contributed by atoms with Gasteiger partial charge in [-0.15, -0.1) is 0 Å². The highest BCUT2D eigenvalue weighted by Gasteiger charge is 2.29. The third-order valence-corrected chi connectivity index (χ3v) is 3.48. The summed E-state index contributed by atoms with van der Waals surface area (Å²) < 4.78 is 1.47. The molecule has 6 heteroatoms. The molecule has 1 aliphatic rings. The molecule has 1 saturated heterocycles. The van der Waals surface area contributed by atoms with E-state index < -0.39 is 0 Å². The number of nitrogens with one attached hydrogen (secondary N) is 1. The van der Waals surface area contributed by atoms with Gasteiger partial charge in [-0.2, -0.15) is 0 Å². The van der Waals surface area contributed by atoms with Crippen molar-refractivity contribution in [3.63, 3.8) is 0 Å². The smallest absolute Gasteiger partial charge is 0.296 e. The van der Waals surface area contributed by atoms with E-state index in [1.165, 1.54) is 16.3 Å². The van der Waals surface area contributed by atoms with Crippen LogP contribution < -0.4 is 5.32 Å². The summed E-state index contributed by atoms with van der Waals surface area (Å²) >= 11 is 1.40. The standard InChI is InChI=1S/C8H15N3O2S/c1-4-7(10(2)3)14-11-5-6(12)9-8(11)13/h7H,4-5H2,1-3H3,(H,9,12,13). The molecule has 5 nitrogen and oxygen atoms in total. The fraction of sp³-hybridized carbons (Fsp3) is 0.750. The Balaban J connectivity index is 2.50. The molecule has 0 aromatic carbocycles. The second-order valence-corrected chi connectivity index (χ2v) is 4.52. The van der Waals surface area contributed by atoms with Gasteiger partial charge in [-0.05, 0) is 32.5 Å². The monoisotopic (exact) mass is 217 g/mol. The zero-order chi connectivity index (χ0) is 10.7. The SMILES string of the molecule is CCC(SN1CC(=O)NC1=O)N(C)C. The Labute approximate surface area is 87.9 Å². The van der Waals surface area contributed by atoms with Crippen LogP contribution in [0.15, 0.2) is 0 Å². The zero-order valence-corrected chi connectivity index (χ0v) is 9.43. The number of hydrogen-bond acceptors (Lipinski definition) is 4. The normalized spacial score (nSPS) is 19.0. The van der Waals surface area contributed by atoms with Crippen LogP contribution >= 0.6 is 11.9 Å². The lowest BCUT2D eigenvalue weighted by atomic mass is 10.4.